The van der Waals surface area contributed by atoms with Crippen LogP contribution < -0.4 is 14.3 Å². The van der Waals surface area contributed by atoms with Crippen LogP contribution in [-0.2, 0) is 0 Å². The van der Waals surface area contributed by atoms with E-state index in [1.54, 1.807) is 14.2 Å². The number of para-hydroxylation sites is 1. The molecular formula is C29H30N2O3. The second kappa shape index (κ2) is 9.72. The Morgan fingerprint density at radius 3 is 2.32 bits per heavy atom. The van der Waals surface area contributed by atoms with Gasteiger partial charge in [0.15, 0.2) is 17.2 Å². The molecule has 5 rings (SSSR count). The molecule has 0 amide bonds. The highest BCUT2D eigenvalue weighted by molar-refractivity contribution is 6.15. The van der Waals surface area contributed by atoms with E-state index in [-0.39, 0.29) is 0 Å². The minimum atomic E-state index is 0.316. The van der Waals surface area contributed by atoms with E-state index in [0.717, 1.165) is 51.8 Å². The number of hydrogen-bond acceptors (Lipinski definition) is 5. The molecule has 0 radical (unpaired) electrons. The van der Waals surface area contributed by atoms with E-state index < -0.39 is 0 Å². The lowest BCUT2D eigenvalue weighted by Gasteiger charge is -2.35. The highest BCUT2D eigenvalue weighted by Gasteiger charge is 2.34. The Morgan fingerprint density at radius 1 is 0.882 bits per heavy atom. The van der Waals surface area contributed by atoms with E-state index in [4.69, 9.17) is 19.3 Å². The van der Waals surface area contributed by atoms with Crippen LogP contribution in [-0.4, -0.2) is 31.7 Å². The molecule has 3 aromatic carbocycles. The highest BCUT2D eigenvalue weighted by Crippen LogP contribution is 2.44. The van der Waals surface area contributed by atoms with Gasteiger partial charge < -0.3 is 14.3 Å². The van der Waals surface area contributed by atoms with Crippen LogP contribution in [0, 0.1) is 0 Å². The molecule has 0 N–H and O–H groups in total. The molecule has 1 fully saturated rings. The first-order chi connectivity index (χ1) is 16.7. The third-order valence-electron chi connectivity index (χ3n) is 6.84. The van der Waals surface area contributed by atoms with Crippen LogP contribution in [0.2, 0.25) is 0 Å². The van der Waals surface area contributed by atoms with E-state index >= 15 is 0 Å². The smallest absolute Gasteiger partial charge is 0.161 e. The lowest BCUT2D eigenvalue weighted by molar-refractivity contribution is 0.341. The maximum atomic E-state index is 5.63. The third kappa shape index (κ3) is 4.30. The molecule has 1 saturated carbocycles. The van der Waals surface area contributed by atoms with Gasteiger partial charge in [0.05, 0.1) is 31.7 Å². The van der Waals surface area contributed by atoms with Crippen LogP contribution in [0.1, 0.15) is 60.8 Å². The van der Waals surface area contributed by atoms with Crippen molar-refractivity contribution >= 4 is 11.4 Å². The van der Waals surface area contributed by atoms with Crippen molar-refractivity contribution in [3.63, 3.8) is 0 Å². The van der Waals surface area contributed by atoms with E-state index in [0.29, 0.717) is 12.0 Å². The second-order valence-electron chi connectivity index (χ2n) is 8.89. The first kappa shape index (κ1) is 22.2. The molecule has 0 aromatic heterocycles. The van der Waals surface area contributed by atoms with Crippen LogP contribution in [0.25, 0.3) is 0 Å². The predicted octanol–water partition coefficient (Wildman–Crippen LogP) is 6.38. The van der Waals surface area contributed by atoms with Gasteiger partial charge in [-0.2, -0.15) is 0 Å². The fourth-order valence-corrected chi connectivity index (χ4v) is 5.03. The summed E-state index contributed by atoms with van der Waals surface area (Å²) >= 11 is 0. The van der Waals surface area contributed by atoms with E-state index in [9.17, 15) is 0 Å². The molecule has 174 valence electrons. The first-order valence-electron chi connectivity index (χ1n) is 11.9. The summed E-state index contributed by atoms with van der Waals surface area (Å²) in [7, 11) is 3.38. The van der Waals surface area contributed by atoms with Crippen molar-refractivity contribution in [1.82, 2.24) is 0 Å². The van der Waals surface area contributed by atoms with Crippen molar-refractivity contribution in [2.75, 3.05) is 14.2 Å². The first-order valence-corrected chi connectivity index (χ1v) is 11.9. The largest absolute Gasteiger partial charge is 0.493 e. The van der Waals surface area contributed by atoms with Gasteiger partial charge in [-0.05, 0) is 55.2 Å². The normalized spacial score (nSPS) is 19.5. The van der Waals surface area contributed by atoms with Crippen LogP contribution in [0.15, 0.2) is 76.9 Å². The number of ether oxygens (including phenoxy) is 2. The number of methoxy groups -OCH3 is 2. The molecule has 0 saturated heterocycles. The molecule has 0 unspecified atom stereocenters. The molecule has 1 aliphatic heterocycles. The second-order valence-corrected chi connectivity index (χ2v) is 8.89. The van der Waals surface area contributed by atoms with E-state index in [1.165, 1.54) is 24.8 Å². The van der Waals surface area contributed by atoms with Gasteiger partial charge in [0.1, 0.15) is 0 Å². The standard InChI is InChI=1S/C29H30N2O3/c1-19(31-34-22-9-5-4-6-10-22)20-13-15-21(16-14-20)29-25-18-28(33-3)27(32-2)17-24(25)23-11-7-8-12-26(23)30-29/h4-6,9-10,13-18,23,26H,7-8,11-12H2,1-3H3/t23-,26-/m1/s1. The molecule has 34 heavy (non-hydrogen) atoms. The van der Waals surface area contributed by atoms with Gasteiger partial charge >= 0.3 is 0 Å². The summed E-state index contributed by atoms with van der Waals surface area (Å²) in [5.74, 6) is 2.68. The van der Waals surface area contributed by atoms with Crippen LogP contribution >= 0.6 is 0 Å². The van der Waals surface area contributed by atoms with Gasteiger partial charge in [-0.15, -0.1) is 0 Å². The van der Waals surface area contributed by atoms with Crippen molar-refractivity contribution in [1.29, 1.82) is 0 Å². The van der Waals surface area contributed by atoms with Crippen LogP contribution in [0.4, 0.5) is 0 Å². The molecule has 1 heterocycles. The summed E-state index contributed by atoms with van der Waals surface area (Å²) in [4.78, 5) is 10.8. The zero-order valence-electron chi connectivity index (χ0n) is 20.0. The number of hydrogen-bond donors (Lipinski definition) is 0. The fourth-order valence-electron chi connectivity index (χ4n) is 5.03. The van der Waals surface area contributed by atoms with Crippen molar-refractivity contribution in [2.24, 2.45) is 10.1 Å². The van der Waals surface area contributed by atoms with Crippen molar-refractivity contribution in [2.45, 2.75) is 44.6 Å². The number of fused-ring (bicyclic) bond motifs is 3. The van der Waals surface area contributed by atoms with Crippen LogP contribution in [0.3, 0.4) is 0 Å². The van der Waals surface area contributed by atoms with Gasteiger partial charge in [0.2, 0.25) is 0 Å². The Labute approximate surface area is 201 Å². The summed E-state index contributed by atoms with van der Waals surface area (Å²) in [6.45, 7) is 1.95. The number of nitrogens with zero attached hydrogens (tertiary/aromatic N) is 2. The summed E-state index contributed by atoms with van der Waals surface area (Å²) in [6.07, 6.45) is 4.78. The Bertz CT molecular complexity index is 1220. The monoisotopic (exact) mass is 454 g/mol. The van der Waals surface area contributed by atoms with Gasteiger partial charge in [0.25, 0.3) is 0 Å². The molecule has 1 aliphatic carbocycles. The molecule has 2 aliphatic rings. The molecule has 2 atom stereocenters. The van der Waals surface area contributed by atoms with Gasteiger partial charge in [-0.25, -0.2) is 0 Å². The minimum Gasteiger partial charge on any atom is -0.493 e. The van der Waals surface area contributed by atoms with Crippen LogP contribution in [0.5, 0.6) is 17.2 Å². The topological polar surface area (TPSA) is 52.4 Å². The summed E-state index contributed by atoms with van der Waals surface area (Å²) in [5.41, 5.74) is 6.43. The molecule has 0 spiro atoms. The zero-order valence-corrected chi connectivity index (χ0v) is 20.0. The number of oxime groups is 1. The Kier molecular flexibility index (Phi) is 6.35. The molecular weight excluding hydrogens is 424 g/mol. The molecule has 0 bridgehead atoms. The molecule has 5 nitrogen and oxygen atoms in total. The van der Waals surface area contributed by atoms with Crippen molar-refractivity contribution in [3.05, 3.63) is 89.0 Å². The SMILES string of the molecule is COc1cc2c(cc1OC)[C@H]1CCCC[C@H]1N=C2c1ccc(C(C)=NOc2ccccc2)cc1. The Morgan fingerprint density at radius 2 is 1.59 bits per heavy atom. The van der Waals surface area contributed by atoms with Gasteiger partial charge in [-0.3, -0.25) is 4.99 Å². The number of aliphatic imine (C=N–C) groups is 1. The molecule has 3 aromatic rings. The average molecular weight is 455 g/mol. The number of benzene rings is 3. The average Bonchev–Trinajstić information content (AvgIpc) is 2.91. The highest BCUT2D eigenvalue weighted by atomic mass is 16.6. The van der Waals surface area contributed by atoms with E-state index in [2.05, 4.69) is 41.6 Å². The van der Waals surface area contributed by atoms with E-state index in [1.807, 2.05) is 37.3 Å². The predicted molar refractivity (Wildman–Crippen MR) is 136 cm³/mol. The summed E-state index contributed by atoms with van der Waals surface area (Å²) in [6, 6.07) is 22.6. The fraction of sp³-hybridized carbons (Fsp3) is 0.310. The van der Waals surface area contributed by atoms with Crippen molar-refractivity contribution in [3.8, 4) is 17.2 Å². The third-order valence-corrected chi connectivity index (χ3v) is 6.84. The minimum absolute atomic E-state index is 0.316. The van der Waals surface area contributed by atoms with Crippen molar-refractivity contribution < 1.29 is 14.3 Å². The molecule has 5 heteroatoms. The lowest BCUT2D eigenvalue weighted by Crippen LogP contribution is -2.29. The van der Waals surface area contributed by atoms with Gasteiger partial charge in [-0.1, -0.05) is 60.5 Å². The maximum absolute atomic E-state index is 5.63. The summed E-state index contributed by atoms with van der Waals surface area (Å²) in [5, 5.41) is 4.29. The van der Waals surface area contributed by atoms with Gasteiger partial charge in [0, 0.05) is 17.0 Å². The maximum Gasteiger partial charge on any atom is 0.161 e. The quantitative estimate of drug-likeness (QED) is 0.321. The lowest BCUT2D eigenvalue weighted by atomic mass is 9.75. The zero-order chi connectivity index (χ0) is 23.5. The Balaban J connectivity index is 1.48. The Hall–Kier alpha value is -3.60. The summed E-state index contributed by atoms with van der Waals surface area (Å²) < 4.78 is 11.3. The number of rotatable bonds is 6.